The van der Waals surface area contributed by atoms with Crippen molar-refractivity contribution in [2.24, 2.45) is 13.0 Å². The van der Waals surface area contributed by atoms with Crippen molar-refractivity contribution in [1.29, 1.82) is 0 Å². The number of hydrogen-bond donors (Lipinski definition) is 2. The van der Waals surface area contributed by atoms with Crippen LogP contribution in [0.2, 0.25) is 0 Å². The Hall–Kier alpha value is -1.56. The summed E-state index contributed by atoms with van der Waals surface area (Å²) in [6.45, 7) is 8.14. The third-order valence-corrected chi connectivity index (χ3v) is 3.61. The molecule has 0 aliphatic carbocycles. The molecule has 0 aromatic carbocycles. The van der Waals surface area contributed by atoms with Crippen molar-refractivity contribution < 1.29 is 4.79 Å². The Morgan fingerprint density at radius 2 is 2.37 bits per heavy atom. The molecule has 19 heavy (non-hydrogen) atoms. The monoisotopic (exact) mass is 265 g/mol. The average molecular weight is 265 g/mol. The molecule has 1 aliphatic heterocycles. The summed E-state index contributed by atoms with van der Waals surface area (Å²) in [5.41, 5.74) is 0.896. The smallest absolute Gasteiger partial charge is 0.320 e. The van der Waals surface area contributed by atoms with Gasteiger partial charge in [-0.15, -0.1) is 0 Å². The van der Waals surface area contributed by atoms with E-state index < -0.39 is 0 Å². The van der Waals surface area contributed by atoms with Gasteiger partial charge in [-0.05, 0) is 32.4 Å². The molecule has 1 aromatic rings. The molecule has 1 unspecified atom stereocenters. The summed E-state index contributed by atoms with van der Waals surface area (Å²) < 4.78 is 1.67. The second-order valence-corrected chi connectivity index (χ2v) is 5.18. The van der Waals surface area contributed by atoms with E-state index in [2.05, 4.69) is 27.6 Å². The van der Waals surface area contributed by atoms with Crippen LogP contribution in [0, 0.1) is 12.8 Å². The van der Waals surface area contributed by atoms with Gasteiger partial charge in [0.2, 0.25) is 0 Å². The van der Waals surface area contributed by atoms with Gasteiger partial charge in [0.1, 0.15) is 5.82 Å². The highest BCUT2D eigenvalue weighted by Gasteiger charge is 2.21. The van der Waals surface area contributed by atoms with Crippen molar-refractivity contribution in [1.82, 2.24) is 20.0 Å². The number of nitrogens with zero attached hydrogens (tertiary/aromatic N) is 3. The summed E-state index contributed by atoms with van der Waals surface area (Å²) in [6.07, 6.45) is 1.17. The second kappa shape index (κ2) is 6.06. The zero-order valence-corrected chi connectivity index (χ0v) is 11.9. The Labute approximate surface area is 114 Å². The molecular weight excluding hydrogens is 242 g/mol. The first-order valence-electron chi connectivity index (χ1n) is 6.86. The molecule has 2 amide bonds. The summed E-state index contributed by atoms with van der Waals surface area (Å²) in [6, 6.07) is 1.70. The quantitative estimate of drug-likeness (QED) is 0.859. The number of urea groups is 1. The summed E-state index contributed by atoms with van der Waals surface area (Å²) >= 11 is 0. The lowest BCUT2D eigenvalue weighted by Gasteiger charge is -2.14. The molecule has 0 bridgehead atoms. The van der Waals surface area contributed by atoms with E-state index >= 15 is 0 Å². The molecule has 6 nitrogen and oxygen atoms in total. The maximum Gasteiger partial charge on any atom is 0.320 e. The molecule has 2 rings (SSSR count). The van der Waals surface area contributed by atoms with Crippen LogP contribution >= 0.6 is 0 Å². The Morgan fingerprint density at radius 1 is 1.58 bits per heavy atom. The van der Waals surface area contributed by atoms with E-state index in [4.69, 9.17) is 0 Å². The van der Waals surface area contributed by atoms with Crippen LogP contribution in [0.5, 0.6) is 0 Å². The van der Waals surface area contributed by atoms with Crippen molar-refractivity contribution in [3.8, 4) is 0 Å². The number of aromatic nitrogens is 2. The van der Waals surface area contributed by atoms with Crippen LogP contribution in [-0.4, -0.2) is 46.9 Å². The first-order chi connectivity index (χ1) is 9.08. The van der Waals surface area contributed by atoms with Crippen molar-refractivity contribution in [3.05, 3.63) is 11.8 Å². The SMILES string of the molecule is CCN1CCC(CNC(=O)Nc2cc(C)nn2C)C1. The summed E-state index contributed by atoms with van der Waals surface area (Å²) in [4.78, 5) is 14.2. The van der Waals surface area contributed by atoms with Crippen LogP contribution in [0.25, 0.3) is 0 Å². The lowest BCUT2D eigenvalue weighted by molar-refractivity contribution is 0.249. The normalized spacial score (nSPS) is 19.6. The van der Waals surface area contributed by atoms with Crippen molar-refractivity contribution >= 4 is 11.8 Å². The van der Waals surface area contributed by atoms with E-state index in [1.165, 1.54) is 6.42 Å². The molecule has 1 fully saturated rings. The minimum Gasteiger partial charge on any atom is -0.338 e. The molecule has 2 heterocycles. The van der Waals surface area contributed by atoms with Crippen LogP contribution < -0.4 is 10.6 Å². The van der Waals surface area contributed by atoms with Gasteiger partial charge in [-0.2, -0.15) is 5.10 Å². The van der Waals surface area contributed by atoms with Crippen molar-refractivity contribution in [2.75, 3.05) is 31.5 Å². The van der Waals surface area contributed by atoms with E-state index in [1.807, 2.05) is 20.0 Å². The van der Waals surface area contributed by atoms with E-state index in [-0.39, 0.29) is 6.03 Å². The zero-order valence-electron chi connectivity index (χ0n) is 11.9. The van der Waals surface area contributed by atoms with E-state index in [0.29, 0.717) is 5.92 Å². The van der Waals surface area contributed by atoms with Gasteiger partial charge in [0.25, 0.3) is 0 Å². The maximum absolute atomic E-state index is 11.8. The minimum absolute atomic E-state index is 0.155. The van der Waals surface area contributed by atoms with Crippen LogP contribution in [0.3, 0.4) is 0 Å². The summed E-state index contributed by atoms with van der Waals surface area (Å²) in [7, 11) is 1.82. The predicted molar refractivity (Wildman–Crippen MR) is 75.2 cm³/mol. The van der Waals surface area contributed by atoms with E-state index in [1.54, 1.807) is 4.68 Å². The average Bonchev–Trinajstić information content (AvgIpc) is 2.94. The van der Waals surface area contributed by atoms with Crippen LogP contribution in [0.4, 0.5) is 10.6 Å². The lowest BCUT2D eigenvalue weighted by atomic mass is 10.1. The number of anilines is 1. The molecule has 0 radical (unpaired) electrons. The number of likely N-dealkylation sites (tertiary alicyclic amines) is 1. The van der Waals surface area contributed by atoms with Crippen molar-refractivity contribution in [2.45, 2.75) is 20.3 Å². The number of hydrogen-bond acceptors (Lipinski definition) is 3. The predicted octanol–water partition coefficient (Wildman–Crippen LogP) is 1.19. The molecule has 1 saturated heterocycles. The van der Waals surface area contributed by atoms with E-state index in [9.17, 15) is 4.79 Å². The maximum atomic E-state index is 11.8. The van der Waals surface area contributed by atoms with E-state index in [0.717, 1.165) is 37.7 Å². The number of carbonyl (C=O) groups is 1. The molecule has 6 heteroatoms. The Bertz CT molecular complexity index is 442. The lowest BCUT2D eigenvalue weighted by Crippen LogP contribution is -2.34. The molecule has 0 saturated carbocycles. The highest BCUT2D eigenvalue weighted by atomic mass is 16.2. The fourth-order valence-corrected chi connectivity index (χ4v) is 2.49. The Morgan fingerprint density at radius 3 is 2.95 bits per heavy atom. The molecular formula is C13H23N5O. The van der Waals surface area contributed by atoms with Crippen molar-refractivity contribution in [3.63, 3.8) is 0 Å². The standard InChI is InChI=1S/C13H23N5O/c1-4-18-6-5-11(9-18)8-14-13(19)15-12-7-10(2)16-17(12)3/h7,11H,4-6,8-9H2,1-3H3,(H2,14,15,19). The molecule has 106 valence electrons. The second-order valence-electron chi connectivity index (χ2n) is 5.18. The zero-order chi connectivity index (χ0) is 13.8. The number of aryl methyl sites for hydroxylation is 2. The molecule has 1 aromatic heterocycles. The number of amides is 2. The molecule has 1 aliphatic rings. The highest BCUT2D eigenvalue weighted by Crippen LogP contribution is 2.14. The number of rotatable bonds is 4. The topological polar surface area (TPSA) is 62.2 Å². The van der Waals surface area contributed by atoms with Gasteiger partial charge in [0.05, 0.1) is 5.69 Å². The summed E-state index contributed by atoms with van der Waals surface area (Å²) in [5, 5.41) is 9.94. The summed E-state index contributed by atoms with van der Waals surface area (Å²) in [5.74, 6) is 1.29. The van der Waals surface area contributed by atoms with Gasteiger partial charge in [-0.1, -0.05) is 6.92 Å². The minimum atomic E-state index is -0.155. The highest BCUT2D eigenvalue weighted by molar-refractivity contribution is 5.88. The van der Waals surface area contributed by atoms with Gasteiger partial charge in [-0.3, -0.25) is 10.00 Å². The van der Waals surface area contributed by atoms with Crippen LogP contribution in [0.15, 0.2) is 6.07 Å². The Balaban J connectivity index is 1.75. The van der Waals surface area contributed by atoms with Crippen LogP contribution in [-0.2, 0) is 7.05 Å². The van der Waals surface area contributed by atoms with Gasteiger partial charge in [0.15, 0.2) is 0 Å². The van der Waals surface area contributed by atoms with Crippen LogP contribution in [0.1, 0.15) is 19.0 Å². The van der Waals surface area contributed by atoms with Gasteiger partial charge in [0, 0.05) is 26.2 Å². The molecule has 2 N–H and O–H groups in total. The van der Waals surface area contributed by atoms with Gasteiger partial charge in [-0.25, -0.2) is 4.79 Å². The fourth-order valence-electron chi connectivity index (χ4n) is 2.49. The number of nitrogens with one attached hydrogen (secondary N) is 2. The first kappa shape index (κ1) is 13.9. The Kier molecular flexibility index (Phi) is 4.42. The number of carbonyl (C=O) groups excluding carboxylic acids is 1. The van der Waals surface area contributed by atoms with Gasteiger partial charge < -0.3 is 10.2 Å². The molecule has 0 spiro atoms. The molecule has 1 atom stereocenters. The third-order valence-electron chi connectivity index (χ3n) is 3.61. The first-order valence-corrected chi connectivity index (χ1v) is 6.86. The fraction of sp³-hybridized carbons (Fsp3) is 0.692. The van der Waals surface area contributed by atoms with Gasteiger partial charge >= 0.3 is 6.03 Å². The third kappa shape index (κ3) is 3.70. The largest absolute Gasteiger partial charge is 0.338 e.